The number of halogens is 1. The topological polar surface area (TPSA) is 110 Å². The van der Waals surface area contributed by atoms with Gasteiger partial charge in [-0.15, -0.1) is 0 Å². The van der Waals surface area contributed by atoms with Crippen LogP contribution in [0.2, 0.25) is 5.02 Å². The lowest BCUT2D eigenvalue weighted by Gasteiger charge is -2.11. The second-order valence-corrected chi connectivity index (χ2v) is 5.10. The van der Waals surface area contributed by atoms with Crippen molar-refractivity contribution in [1.29, 1.82) is 0 Å². The van der Waals surface area contributed by atoms with Crippen LogP contribution >= 0.6 is 11.6 Å². The van der Waals surface area contributed by atoms with E-state index in [0.29, 0.717) is 12.8 Å². The van der Waals surface area contributed by atoms with E-state index in [1.54, 1.807) is 0 Å². The van der Waals surface area contributed by atoms with Crippen LogP contribution in [-0.4, -0.2) is 28.5 Å². The maximum atomic E-state index is 11.8. The van der Waals surface area contributed by atoms with Gasteiger partial charge in [0.25, 0.3) is 11.6 Å². The van der Waals surface area contributed by atoms with Crippen LogP contribution in [0.15, 0.2) is 18.2 Å². The zero-order valence-corrected chi connectivity index (χ0v) is 11.0. The number of rotatable bonds is 5. The van der Waals surface area contributed by atoms with Crippen molar-refractivity contribution in [1.82, 2.24) is 5.32 Å². The Bertz CT molecular complexity index is 598. The summed E-state index contributed by atoms with van der Waals surface area (Å²) in [5.74, 6) is -1.44. The van der Waals surface area contributed by atoms with Crippen LogP contribution < -0.4 is 5.32 Å². The molecule has 1 amide bonds. The fourth-order valence-corrected chi connectivity index (χ4v) is 2.01. The average Bonchev–Trinajstić information content (AvgIpc) is 3.16. The van der Waals surface area contributed by atoms with Gasteiger partial charge in [-0.2, -0.15) is 0 Å². The van der Waals surface area contributed by atoms with E-state index in [4.69, 9.17) is 16.7 Å². The molecule has 1 saturated carbocycles. The monoisotopic (exact) mass is 298 g/mol. The summed E-state index contributed by atoms with van der Waals surface area (Å²) in [5, 5.41) is 22.0. The van der Waals surface area contributed by atoms with Crippen LogP contribution in [0.1, 0.15) is 23.2 Å². The number of nitro benzene ring substituents is 1. The van der Waals surface area contributed by atoms with Crippen LogP contribution in [-0.2, 0) is 4.79 Å². The lowest BCUT2D eigenvalue weighted by atomic mass is 10.1. The molecular formula is C12H11ClN2O5. The Morgan fingerprint density at radius 1 is 1.45 bits per heavy atom. The number of carboxylic acids is 1. The van der Waals surface area contributed by atoms with Gasteiger partial charge < -0.3 is 10.4 Å². The summed E-state index contributed by atoms with van der Waals surface area (Å²) in [6.45, 7) is 0.0375. The highest BCUT2D eigenvalue weighted by atomic mass is 35.5. The van der Waals surface area contributed by atoms with Crippen molar-refractivity contribution < 1.29 is 19.6 Å². The number of carbonyl (C=O) groups is 2. The van der Waals surface area contributed by atoms with E-state index in [9.17, 15) is 19.7 Å². The Morgan fingerprint density at radius 3 is 2.55 bits per heavy atom. The van der Waals surface area contributed by atoms with E-state index in [2.05, 4.69) is 5.32 Å². The van der Waals surface area contributed by atoms with Crippen molar-refractivity contribution >= 4 is 29.2 Å². The molecule has 0 radical (unpaired) electrons. The minimum absolute atomic E-state index is 0.0375. The van der Waals surface area contributed by atoms with Crippen LogP contribution in [0.25, 0.3) is 0 Å². The molecule has 0 bridgehead atoms. The van der Waals surface area contributed by atoms with Crippen molar-refractivity contribution in [3.05, 3.63) is 38.9 Å². The van der Waals surface area contributed by atoms with E-state index in [1.807, 2.05) is 0 Å². The lowest BCUT2D eigenvalue weighted by Crippen LogP contribution is -2.34. The third-order valence-electron chi connectivity index (χ3n) is 3.30. The fourth-order valence-electron chi connectivity index (χ4n) is 1.76. The molecular weight excluding hydrogens is 288 g/mol. The van der Waals surface area contributed by atoms with Gasteiger partial charge in [0.15, 0.2) is 0 Å². The highest BCUT2D eigenvalue weighted by molar-refractivity contribution is 6.33. The van der Waals surface area contributed by atoms with Crippen molar-refractivity contribution in [3.63, 3.8) is 0 Å². The zero-order chi connectivity index (χ0) is 14.9. The summed E-state index contributed by atoms with van der Waals surface area (Å²) in [7, 11) is 0. The zero-order valence-electron chi connectivity index (χ0n) is 10.3. The van der Waals surface area contributed by atoms with Gasteiger partial charge in [-0.05, 0) is 25.0 Å². The molecule has 1 aliphatic carbocycles. The molecule has 2 rings (SSSR count). The first kappa shape index (κ1) is 14.3. The molecule has 1 aromatic carbocycles. The number of hydrogen-bond acceptors (Lipinski definition) is 4. The molecule has 0 unspecified atom stereocenters. The largest absolute Gasteiger partial charge is 0.481 e. The van der Waals surface area contributed by atoms with E-state index < -0.39 is 22.2 Å². The van der Waals surface area contributed by atoms with E-state index >= 15 is 0 Å². The fraction of sp³-hybridized carbons (Fsp3) is 0.333. The number of carbonyl (C=O) groups excluding carboxylic acids is 1. The maximum Gasteiger partial charge on any atom is 0.311 e. The second-order valence-electron chi connectivity index (χ2n) is 4.69. The minimum Gasteiger partial charge on any atom is -0.481 e. The van der Waals surface area contributed by atoms with Crippen molar-refractivity contribution in [2.24, 2.45) is 5.41 Å². The lowest BCUT2D eigenvalue weighted by molar-refractivity contribution is -0.384. The highest BCUT2D eigenvalue weighted by Crippen LogP contribution is 2.45. The van der Waals surface area contributed by atoms with Gasteiger partial charge in [0.05, 0.1) is 10.3 Å². The van der Waals surface area contributed by atoms with Crippen molar-refractivity contribution in [2.45, 2.75) is 12.8 Å². The second kappa shape index (κ2) is 5.09. The third kappa shape index (κ3) is 2.72. The van der Waals surface area contributed by atoms with Crippen LogP contribution in [0, 0.1) is 15.5 Å². The predicted molar refractivity (Wildman–Crippen MR) is 69.7 cm³/mol. The molecule has 0 spiro atoms. The van der Waals surface area contributed by atoms with Crippen LogP contribution in [0.3, 0.4) is 0 Å². The number of amides is 1. The third-order valence-corrected chi connectivity index (χ3v) is 3.60. The summed E-state index contributed by atoms with van der Waals surface area (Å²) in [6.07, 6.45) is 1.06. The summed E-state index contributed by atoms with van der Waals surface area (Å²) < 4.78 is 0. The Labute approximate surface area is 118 Å². The Hall–Kier alpha value is -2.15. The molecule has 0 atom stereocenters. The first-order valence-corrected chi connectivity index (χ1v) is 6.19. The molecule has 8 heteroatoms. The minimum atomic E-state index is -0.931. The molecule has 7 nitrogen and oxygen atoms in total. The molecule has 1 fully saturated rings. The summed E-state index contributed by atoms with van der Waals surface area (Å²) in [4.78, 5) is 32.8. The normalized spacial score (nSPS) is 15.4. The van der Waals surface area contributed by atoms with E-state index in [1.165, 1.54) is 12.1 Å². The number of aliphatic carboxylic acids is 1. The number of carboxylic acid groups (broad SMARTS) is 1. The molecule has 20 heavy (non-hydrogen) atoms. The maximum absolute atomic E-state index is 11.8. The predicted octanol–water partition coefficient (Wildman–Crippen LogP) is 1.84. The Morgan fingerprint density at radius 2 is 2.10 bits per heavy atom. The molecule has 0 aromatic heterocycles. The first-order chi connectivity index (χ1) is 9.35. The SMILES string of the molecule is O=C(NCC1(C(=O)O)CC1)c1ccc([N+](=O)[O-])c(Cl)c1. The van der Waals surface area contributed by atoms with Crippen LogP contribution in [0.5, 0.6) is 0 Å². The first-order valence-electron chi connectivity index (χ1n) is 5.81. The molecule has 106 valence electrons. The number of benzene rings is 1. The Balaban J connectivity index is 2.05. The average molecular weight is 299 g/mol. The quantitative estimate of drug-likeness (QED) is 0.636. The summed E-state index contributed by atoms with van der Waals surface area (Å²) in [5.41, 5.74) is -0.991. The van der Waals surface area contributed by atoms with Crippen molar-refractivity contribution in [2.75, 3.05) is 6.54 Å². The van der Waals surface area contributed by atoms with Crippen molar-refractivity contribution in [3.8, 4) is 0 Å². The number of nitrogens with zero attached hydrogens (tertiary/aromatic N) is 1. The van der Waals surface area contributed by atoms with E-state index in [-0.39, 0.29) is 22.8 Å². The number of hydrogen-bond donors (Lipinski definition) is 2. The smallest absolute Gasteiger partial charge is 0.311 e. The van der Waals surface area contributed by atoms with Gasteiger partial charge in [-0.3, -0.25) is 19.7 Å². The molecule has 0 heterocycles. The van der Waals surface area contributed by atoms with Gasteiger partial charge in [-0.1, -0.05) is 11.6 Å². The van der Waals surface area contributed by atoms with E-state index in [0.717, 1.165) is 6.07 Å². The molecule has 1 aliphatic rings. The van der Waals surface area contributed by atoms with Gasteiger partial charge >= 0.3 is 5.97 Å². The standard InChI is InChI=1S/C12H11ClN2O5/c13-8-5-7(1-2-9(8)15(19)20)10(16)14-6-12(3-4-12)11(17)18/h1-2,5H,3-4,6H2,(H,14,16)(H,17,18). The molecule has 0 aliphatic heterocycles. The highest BCUT2D eigenvalue weighted by Gasteiger charge is 2.50. The molecule has 1 aromatic rings. The number of nitro groups is 1. The van der Waals surface area contributed by atoms with Gasteiger partial charge in [0.1, 0.15) is 5.02 Å². The molecule has 0 saturated heterocycles. The number of nitrogens with one attached hydrogen (secondary N) is 1. The molecule has 2 N–H and O–H groups in total. The summed E-state index contributed by atoms with van der Waals surface area (Å²) in [6, 6.07) is 3.61. The van der Waals surface area contributed by atoms with Gasteiger partial charge in [0, 0.05) is 18.2 Å². The van der Waals surface area contributed by atoms with Gasteiger partial charge in [0.2, 0.25) is 0 Å². The summed E-state index contributed by atoms with van der Waals surface area (Å²) >= 11 is 5.71. The van der Waals surface area contributed by atoms with Gasteiger partial charge in [-0.25, -0.2) is 0 Å². The Kier molecular flexibility index (Phi) is 3.63. The van der Waals surface area contributed by atoms with Crippen LogP contribution in [0.4, 0.5) is 5.69 Å².